The number of allylic oxidation sites excluding steroid dienone is 3. The van der Waals surface area contributed by atoms with Crippen molar-refractivity contribution in [2.24, 2.45) is 11.8 Å². The van der Waals surface area contributed by atoms with E-state index in [1.165, 1.54) is 0 Å². The SMILES string of the molecule is O=C1NC(=O)C2C1=C1C=CCCC1CC2(O)c1ccccc1. The summed E-state index contributed by atoms with van der Waals surface area (Å²) in [5.41, 5.74) is 0.784. The first kappa shape index (κ1) is 13.5. The van der Waals surface area contributed by atoms with E-state index < -0.39 is 17.4 Å². The van der Waals surface area contributed by atoms with E-state index in [9.17, 15) is 14.7 Å². The number of amides is 2. The van der Waals surface area contributed by atoms with Crippen LogP contribution in [0.15, 0.2) is 53.6 Å². The Labute approximate surface area is 128 Å². The third-order valence-corrected chi connectivity index (χ3v) is 5.07. The first-order valence-electron chi connectivity index (χ1n) is 7.65. The van der Waals surface area contributed by atoms with Gasteiger partial charge in [-0.15, -0.1) is 0 Å². The highest BCUT2D eigenvalue weighted by Gasteiger charge is 2.56. The Morgan fingerprint density at radius 1 is 1.18 bits per heavy atom. The van der Waals surface area contributed by atoms with E-state index in [0.29, 0.717) is 17.6 Å². The summed E-state index contributed by atoms with van der Waals surface area (Å²) in [5.74, 6) is -1.43. The number of rotatable bonds is 1. The molecule has 0 spiro atoms. The third kappa shape index (κ3) is 1.74. The second-order valence-electron chi connectivity index (χ2n) is 6.29. The Kier molecular flexibility index (Phi) is 2.84. The minimum Gasteiger partial charge on any atom is -0.384 e. The fraction of sp³-hybridized carbons (Fsp3) is 0.333. The second kappa shape index (κ2) is 4.65. The lowest BCUT2D eigenvalue weighted by Crippen LogP contribution is -2.45. The van der Waals surface area contributed by atoms with Crippen LogP contribution in [0, 0.1) is 11.8 Å². The van der Waals surface area contributed by atoms with E-state index in [1.807, 2.05) is 42.5 Å². The normalized spacial score (nSPS) is 33.5. The summed E-state index contributed by atoms with van der Waals surface area (Å²) in [4.78, 5) is 24.6. The van der Waals surface area contributed by atoms with Crippen molar-refractivity contribution in [3.63, 3.8) is 0 Å². The number of fused-ring (bicyclic) bond motifs is 2. The predicted molar refractivity (Wildman–Crippen MR) is 80.5 cm³/mol. The van der Waals surface area contributed by atoms with Gasteiger partial charge in [0.05, 0.1) is 0 Å². The number of carbonyl (C=O) groups excluding carboxylic acids is 2. The standard InChI is InChI=1S/C18H17NO3/c20-16-14-13-9-5-4-6-11(13)10-18(22,15(14)17(21)19-16)12-7-2-1-3-8-12/h1-3,5,7-9,11,15,22H,4,6,10H2,(H,19,20,21). The van der Waals surface area contributed by atoms with Crippen molar-refractivity contribution in [3.8, 4) is 0 Å². The van der Waals surface area contributed by atoms with Gasteiger partial charge in [0.15, 0.2) is 0 Å². The zero-order chi connectivity index (χ0) is 15.3. The number of hydrogen-bond acceptors (Lipinski definition) is 3. The maximum absolute atomic E-state index is 12.3. The van der Waals surface area contributed by atoms with Gasteiger partial charge in [-0.25, -0.2) is 0 Å². The van der Waals surface area contributed by atoms with Crippen molar-refractivity contribution in [1.29, 1.82) is 0 Å². The fourth-order valence-corrected chi connectivity index (χ4v) is 4.09. The van der Waals surface area contributed by atoms with Gasteiger partial charge in [-0.2, -0.15) is 0 Å². The molecular formula is C18H17NO3. The molecule has 4 rings (SSSR count). The summed E-state index contributed by atoms with van der Waals surface area (Å²) in [5, 5.41) is 13.8. The summed E-state index contributed by atoms with van der Waals surface area (Å²) >= 11 is 0. The summed E-state index contributed by atoms with van der Waals surface area (Å²) in [6.07, 6.45) is 6.31. The average molecular weight is 295 g/mol. The van der Waals surface area contributed by atoms with E-state index in [1.54, 1.807) is 0 Å². The van der Waals surface area contributed by atoms with E-state index in [4.69, 9.17) is 0 Å². The molecular weight excluding hydrogens is 278 g/mol. The zero-order valence-corrected chi connectivity index (χ0v) is 12.1. The van der Waals surface area contributed by atoms with Crippen molar-refractivity contribution in [3.05, 3.63) is 59.2 Å². The summed E-state index contributed by atoms with van der Waals surface area (Å²) < 4.78 is 0. The van der Waals surface area contributed by atoms with Gasteiger partial charge in [0.1, 0.15) is 11.5 Å². The summed E-state index contributed by atoms with van der Waals surface area (Å²) in [6.45, 7) is 0. The van der Waals surface area contributed by atoms with Crippen molar-refractivity contribution >= 4 is 11.8 Å². The number of hydrogen-bond donors (Lipinski definition) is 2. The van der Waals surface area contributed by atoms with Gasteiger partial charge in [0.25, 0.3) is 5.91 Å². The maximum atomic E-state index is 12.3. The maximum Gasteiger partial charge on any atom is 0.255 e. The molecule has 3 atom stereocenters. The van der Waals surface area contributed by atoms with Gasteiger partial charge < -0.3 is 5.11 Å². The Balaban J connectivity index is 1.93. The lowest BCUT2D eigenvalue weighted by atomic mass is 9.63. The fourth-order valence-electron chi connectivity index (χ4n) is 4.09. The Bertz CT molecular complexity index is 719. The van der Waals surface area contributed by atoms with E-state index in [-0.39, 0.29) is 11.8 Å². The highest BCUT2D eigenvalue weighted by atomic mass is 16.3. The molecule has 112 valence electrons. The highest BCUT2D eigenvalue weighted by molar-refractivity contribution is 6.16. The van der Waals surface area contributed by atoms with Crippen LogP contribution < -0.4 is 5.32 Å². The second-order valence-corrected chi connectivity index (χ2v) is 6.29. The van der Waals surface area contributed by atoms with Crippen LogP contribution in [0.5, 0.6) is 0 Å². The van der Waals surface area contributed by atoms with Crippen LogP contribution in [-0.2, 0) is 15.2 Å². The Morgan fingerprint density at radius 2 is 1.95 bits per heavy atom. The smallest absolute Gasteiger partial charge is 0.255 e. The van der Waals surface area contributed by atoms with Gasteiger partial charge in [-0.1, -0.05) is 42.5 Å². The molecule has 0 saturated carbocycles. The highest BCUT2D eigenvalue weighted by Crippen LogP contribution is 2.51. The minimum atomic E-state index is -1.31. The van der Waals surface area contributed by atoms with Crippen molar-refractivity contribution in [2.75, 3.05) is 0 Å². The van der Waals surface area contributed by atoms with Crippen molar-refractivity contribution < 1.29 is 14.7 Å². The molecule has 3 aliphatic rings. The van der Waals surface area contributed by atoms with Crippen molar-refractivity contribution in [1.82, 2.24) is 5.32 Å². The molecule has 22 heavy (non-hydrogen) atoms. The summed E-state index contributed by atoms with van der Waals surface area (Å²) in [7, 11) is 0. The zero-order valence-electron chi connectivity index (χ0n) is 12.1. The first-order valence-corrected chi connectivity index (χ1v) is 7.65. The number of aliphatic hydroxyl groups is 1. The van der Waals surface area contributed by atoms with E-state index in [0.717, 1.165) is 18.4 Å². The largest absolute Gasteiger partial charge is 0.384 e. The monoisotopic (exact) mass is 295 g/mol. The quantitative estimate of drug-likeness (QED) is 0.777. The van der Waals surface area contributed by atoms with Crippen LogP contribution in [0.3, 0.4) is 0 Å². The molecule has 1 aromatic rings. The Hall–Kier alpha value is -2.20. The number of benzene rings is 1. The molecule has 2 aliphatic carbocycles. The minimum absolute atomic E-state index is 0.123. The van der Waals surface area contributed by atoms with Crippen LogP contribution in [-0.4, -0.2) is 16.9 Å². The predicted octanol–water partition coefficient (Wildman–Crippen LogP) is 1.81. The van der Waals surface area contributed by atoms with Gasteiger partial charge in [0, 0.05) is 5.57 Å². The number of carbonyl (C=O) groups is 2. The molecule has 0 bridgehead atoms. The lowest BCUT2D eigenvalue weighted by Gasteiger charge is -2.42. The lowest BCUT2D eigenvalue weighted by molar-refractivity contribution is -0.132. The molecule has 3 unspecified atom stereocenters. The summed E-state index contributed by atoms with van der Waals surface area (Å²) in [6, 6.07) is 9.24. The number of nitrogens with one attached hydrogen (secondary N) is 1. The van der Waals surface area contributed by atoms with Gasteiger partial charge >= 0.3 is 0 Å². The topological polar surface area (TPSA) is 66.4 Å². The average Bonchev–Trinajstić information content (AvgIpc) is 2.84. The Morgan fingerprint density at radius 3 is 2.73 bits per heavy atom. The van der Waals surface area contributed by atoms with Crippen LogP contribution in [0.1, 0.15) is 24.8 Å². The van der Waals surface area contributed by atoms with Gasteiger partial charge in [-0.3, -0.25) is 14.9 Å². The van der Waals surface area contributed by atoms with Crippen LogP contribution >= 0.6 is 0 Å². The molecule has 1 aromatic carbocycles. The molecule has 4 heteroatoms. The van der Waals surface area contributed by atoms with Crippen LogP contribution in [0.25, 0.3) is 0 Å². The van der Waals surface area contributed by atoms with Crippen LogP contribution in [0.4, 0.5) is 0 Å². The molecule has 1 fully saturated rings. The van der Waals surface area contributed by atoms with Gasteiger partial charge in [0.2, 0.25) is 5.91 Å². The molecule has 2 amide bonds. The van der Waals surface area contributed by atoms with E-state index in [2.05, 4.69) is 5.32 Å². The molecule has 0 aromatic heterocycles. The first-order chi connectivity index (χ1) is 10.6. The number of imide groups is 1. The van der Waals surface area contributed by atoms with Gasteiger partial charge in [-0.05, 0) is 36.3 Å². The third-order valence-electron chi connectivity index (χ3n) is 5.07. The molecule has 1 saturated heterocycles. The molecule has 2 N–H and O–H groups in total. The van der Waals surface area contributed by atoms with Crippen LogP contribution in [0.2, 0.25) is 0 Å². The molecule has 1 heterocycles. The molecule has 4 nitrogen and oxygen atoms in total. The molecule has 1 aliphatic heterocycles. The van der Waals surface area contributed by atoms with E-state index >= 15 is 0 Å². The molecule has 0 radical (unpaired) electrons. The van der Waals surface area contributed by atoms with Crippen molar-refractivity contribution in [2.45, 2.75) is 24.9 Å².